The van der Waals surface area contributed by atoms with Crippen LogP contribution < -0.4 is 40.5 Å². The number of nitrogens with one attached hydrogen (secondary N) is 4. The second-order valence-corrected chi connectivity index (χ2v) is 33.5. The molecule has 0 spiro atoms. The second-order valence-electron chi connectivity index (χ2n) is 33.5. The zero-order valence-electron chi connectivity index (χ0n) is 66.2. The van der Waals surface area contributed by atoms with Gasteiger partial charge in [0, 0.05) is 123 Å². The van der Waals surface area contributed by atoms with Crippen LogP contribution in [0.4, 0.5) is 11.4 Å². The lowest BCUT2D eigenvalue weighted by Gasteiger charge is -2.62. The monoisotopic (exact) mass is 1490 g/mol. The Morgan fingerprint density at radius 3 is 1.43 bits per heavy atom. The summed E-state index contributed by atoms with van der Waals surface area (Å²) in [6.07, 6.45) is 1.23. The van der Waals surface area contributed by atoms with Crippen molar-refractivity contribution < 1.29 is 68.3 Å². The van der Waals surface area contributed by atoms with E-state index in [0.717, 1.165) is 46.5 Å². The Morgan fingerprint density at radius 2 is 1.04 bits per heavy atom. The largest absolute Gasteiger partial charge is 0.496 e. The summed E-state index contributed by atoms with van der Waals surface area (Å²) >= 11 is 0. The average Bonchev–Trinajstić information content (AvgIpc) is 0.852. The highest BCUT2D eigenvalue weighted by Gasteiger charge is 2.59. The fraction of sp³-hybridized carbons (Fsp3) is 0.588. The van der Waals surface area contributed by atoms with Gasteiger partial charge in [-0.2, -0.15) is 10.1 Å². The van der Waals surface area contributed by atoms with E-state index in [-0.39, 0.29) is 73.3 Å². The Hall–Kier alpha value is -7.71. The number of rotatable bonds is 26. The number of hydrogen-bond acceptors (Lipinski definition) is 18. The first-order valence-corrected chi connectivity index (χ1v) is 38.9. The molecule has 23 heteroatoms. The Morgan fingerprint density at radius 1 is 0.593 bits per heavy atom. The topological polar surface area (TPSA) is 277 Å². The van der Waals surface area contributed by atoms with E-state index < -0.39 is 54.4 Å². The maximum absolute atomic E-state index is 14.3. The minimum atomic E-state index is -0.929. The first kappa shape index (κ1) is 81.3. The normalized spacial score (nSPS) is 27.7. The van der Waals surface area contributed by atoms with Gasteiger partial charge in [-0.15, -0.1) is 0 Å². The highest BCUT2D eigenvalue weighted by molar-refractivity contribution is 6.00. The van der Waals surface area contributed by atoms with Crippen LogP contribution in [0.2, 0.25) is 0 Å². The first-order chi connectivity index (χ1) is 51.4. The van der Waals surface area contributed by atoms with E-state index in [0.29, 0.717) is 125 Å². The lowest BCUT2D eigenvalue weighted by atomic mass is 9.45. The van der Waals surface area contributed by atoms with Crippen LogP contribution in [0.1, 0.15) is 132 Å². The number of amides is 5. The summed E-state index contributed by atoms with van der Waals surface area (Å²) in [5.41, 5.74) is 8.57. The molecule has 0 unspecified atom stereocenters. The minimum Gasteiger partial charge on any atom is -0.496 e. The minimum absolute atomic E-state index is 0.0123. The van der Waals surface area contributed by atoms with Crippen molar-refractivity contribution in [3.8, 4) is 33.8 Å². The molecule has 0 aromatic heterocycles. The Bertz CT molecular complexity index is 3970. The Labute approximate surface area is 638 Å². The Kier molecular flexibility index (Phi) is 25.8. The number of carbonyl (C=O) groups excluding carboxylic acids is 5. The van der Waals surface area contributed by atoms with Crippen LogP contribution in [0.25, 0.3) is 22.3 Å². The number of nitrogens with zero attached hydrogens (tertiary/aromatic N) is 5. The van der Waals surface area contributed by atoms with Crippen molar-refractivity contribution in [2.45, 2.75) is 169 Å². The van der Waals surface area contributed by atoms with E-state index in [4.69, 9.17) is 23.9 Å². The van der Waals surface area contributed by atoms with Crippen molar-refractivity contribution in [3.63, 3.8) is 0 Å². The summed E-state index contributed by atoms with van der Waals surface area (Å²) in [5.74, 6) is 1.92. The highest BCUT2D eigenvalue weighted by Crippen LogP contribution is 2.62. The maximum Gasteiger partial charge on any atom is 0.252 e. The number of aliphatic hydroxyl groups is 4. The first-order valence-electron chi connectivity index (χ1n) is 38.9. The van der Waals surface area contributed by atoms with Gasteiger partial charge in [0.2, 0.25) is 17.7 Å². The second kappa shape index (κ2) is 34.3. The van der Waals surface area contributed by atoms with Crippen LogP contribution in [-0.4, -0.2) is 208 Å². The molecule has 9 fully saturated rings. The van der Waals surface area contributed by atoms with Crippen molar-refractivity contribution in [1.82, 2.24) is 36.3 Å². The SMILES string of the molecule is COc1c(CN2O[C@@H](CO)[C@H]([C@H](C)O)[C@H]2C(=O)N[C@H]2C[C@H]3C[C@@H]([C@@H]2C)C3(C)C)cccc1-c1cc(C(=O)NCC(C)C)cc(N(C)C)c1.COc1c(CN2O[C@@H](CO)[C@H]([C@H](C)O)[C@H]2C(=O)N[C@H]2C[C@H]3C[C@@H]([C@@H]2C)C3(C)C)cccc1-c1cc(C(=O)N[C@@H](Cc2ccccc2)C(=O)N2CCOCC2)cc(N(C)C)c1. The summed E-state index contributed by atoms with van der Waals surface area (Å²) in [6, 6.07) is 30.1. The third kappa shape index (κ3) is 17.1. The fourth-order valence-corrected chi connectivity index (χ4v) is 18.7. The summed E-state index contributed by atoms with van der Waals surface area (Å²) in [6.45, 7) is 23.2. The molecular formula is C85H119N9O14. The van der Waals surface area contributed by atoms with Crippen LogP contribution in [0.5, 0.6) is 11.5 Å². The van der Waals surface area contributed by atoms with Crippen LogP contribution in [0.3, 0.4) is 0 Å². The number of ether oxygens (including phenoxy) is 3. The molecule has 5 aromatic rings. The molecule has 6 saturated carbocycles. The standard InChI is InChI=1S/C47H63N5O8.C38H56N4O6/c1-28-37-24-34(47(37,3)4)25-38(28)48-45(56)42-41(29(2)54)40(27-53)60-52(42)26-31-14-11-15-36(43(31)58-7)32-21-33(23-35(22-32)50(5)6)44(55)49-39(20-30-12-9-8-10-13-30)46(57)51-16-18-59-19-17-51;1-21(2)18-39-36(45)26-13-25(14-28(15-26)41(7)8)29-12-10-11-24(35(29)47-9)19-42-34(33(23(4)44)32(20-43)48-42)37(46)40-31-17-27-16-30(22(31)3)38(27,5)6/h8-15,21-23,28-29,34,37-42,53-54H,16-20,24-27H2,1-7H3,(H,48,56)(H,49,55);10-15,21-23,27,30-34,43-44H,16-20H2,1-9H3,(H,39,45)(H,40,46)/t28-,29-,34+,37-,38-,39-,40-,41-,42-;22-,23-,27+,30-,31-,32-,33-,34-/m00/s1. The molecule has 9 aliphatic rings. The lowest BCUT2D eigenvalue weighted by Crippen LogP contribution is -2.62. The van der Waals surface area contributed by atoms with Crippen LogP contribution >= 0.6 is 0 Å². The molecule has 0 radical (unpaired) electrons. The number of fused-ring (bicyclic) bond motifs is 4. The maximum atomic E-state index is 14.3. The van der Waals surface area contributed by atoms with Crippen molar-refractivity contribution in [1.29, 1.82) is 0 Å². The molecular weight excluding hydrogens is 1370 g/mol. The van der Waals surface area contributed by atoms with E-state index in [1.807, 2.05) is 129 Å². The van der Waals surface area contributed by atoms with Crippen LogP contribution in [0.15, 0.2) is 103 Å². The summed E-state index contributed by atoms with van der Waals surface area (Å²) < 4.78 is 17.6. The number of anilines is 2. The van der Waals surface area contributed by atoms with Gasteiger partial charge in [-0.25, -0.2) is 0 Å². The molecule has 17 atom stereocenters. The van der Waals surface area contributed by atoms with Gasteiger partial charge in [0.25, 0.3) is 11.8 Å². The third-order valence-corrected chi connectivity index (χ3v) is 25.3. The van der Waals surface area contributed by atoms with Gasteiger partial charge in [0.15, 0.2) is 0 Å². The molecule has 4 bridgehead atoms. The molecule has 588 valence electrons. The van der Waals surface area contributed by atoms with Gasteiger partial charge in [0.1, 0.15) is 41.8 Å². The fourth-order valence-electron chi connectivity index (χ4n) is 18.7. The molecule has 5 aromatic carbocycles. The molecule has 6 aliphatic carbocycles. The zero-order valence-corrected chi connectivity index (χ0v) is 66.2. The summed E-state index contributed by atoms with van der Waals surface area (Å²) in [7, 11) is 10.9. The van der Waals surface area contributed by atoms with Crippen LogP contribution in [0, 0.1) is 64.1 Å². The molecule has 3 heterocycles. The molecule has 3 aliphatic heterocycles. The molecule has 14 rings (SSSR count). The van der Waals surface area contributed by atoms with Gasteiger partial charge in [-0.1, -0.05) is 122 Å². The van der Waals surface area contributed by atoms with Crippen molar-refractivity contribution in [2.75, 3.05) is 98.3 Å². The molecule has 23 nitrogen and oxygen atoms in total. The number of hydrogen-bond donors (Lipinski definition) is 8. The molecule has 5 amide bonds. The highest BCUT2D eigenvalue weighted by atomic mass is 16.7. The zero-order chi connectivity index (χ0) is 78.0. The van der Waals surface area contributed by atoms with Crippen molar-refractivity contribution in [2.24, 2.45) is 64.1 Å². The number of methoxy groups -OCH3 is 2. The van der Waals surface area contributed by atoms with E-state index >= 15 is 0 Å². The van der Waals surface area contributed by atoms with Gasteiger partial charge in [0.05, 0.1) is 65.9 Å². The van der Waals surface area contributed by atoms with Crippen LogP contribution in [-0.2, 0) is 48.3 Å². The predicted molar refractivity (Wildman–Crippen MR) is 417 cm³/mol. The number of carbonyl (C=O) groups is 5. The quantitative estimate of drug-likeness (QED) is 0.0257. The van der Waals surface area contributed by atoms with E-state index in [9.17, 15) is 44.4 Å². The Balaban J connectivity index is 0.000000220. The molecule has 108 heavy (non-hydrogen) atoms. The summed E-state index contributed by atoms with van der Waals surface area (Å²) in [5, 5.41) is 58.5. The third-order valence-electron chi connectivity index (χ3n) is 25.3. The predicted octanol–water partition coefficient (Wildman–Crippen LogP) is 8.76. The van der Waals surface area contributed by atoms with E-state index in [1.165, 1.54) is 12.8 Å². The molecule has 3 saturated heterocycles. The van der Waals surface area contributed by atoms with Crippen molar-refractivity contribution in [3.05, 3.63) is 131 Å². The van der Waals surface area contributed by atoms with Crippen molar-refractivity contribution >= 4 is 40.9 Å². The van der Waals surface area contributed by atoms with Gasteiger partial charge >= 0.3 is 0 Å². The number of benzene rings is 5. The number of para-hydroxylation sites is 2. The lowest BCUT2D eigenvalue weighted by molar-refractivity contribution is -0.183. The van der Waals surface area contributed by atoms with E-state index in [2.05, 4.69) is 76.7 Å². The van der Waals surface area contributed by atoms with Gasteiger partial charge < -0.3 is 70.6 Å². The van der Waals surface area contributed by atoms with E-state index in [1.54, 1.807) is 55.2 Å². The summed E-state index contributed by atoms with van der Waals surface area (Å²) in [4.78, 5) is 88.0. The molecule has 8 N–H and O–H groups in total. The smallest absolute Gasteiger partial charge is 0.252 e. The van der Waals surface area contributed by atoms with Gasteiger partial charge in [-0.3, -0.25) is 33.6 Å². The van der Waals surface area contributed by atoms with Gasteiger partial charge in [-0.05, 0) is 145 Å². The number of aliphatic hydroxyl groups excluding tert-OH is 4. The number of morpholine rings is 1. The number of hydroxylamine groups is 4. The average molecular weight is 1490 g/mol.